The molecule has 3 aromatic rings. The van der Waals surface area contributed by atoms with E-state index in [0.717, 1.165) is 11.1 Å². The van der Waals surface area contributed by atoms with Crippen molar-refractivity contribution in [3.05, 3.63) is 60.0 Å². The minimum Gasteiger partial charge on any atom is -0.339 e. The average molecular weight is 364 g/mol. The van der Waals surface area contributed by atoms with Crippen LogP contribution in [0.25, 0.3) is 11.4 Å². The molecular weight excluding hydrogens is 344 g/mol. The van der Waals surface area contributed by atoms with Crippen molar-refractivity contribution in [1.82, 2.24) is 10.1 Å². The molecule has 0 aliphatic carbocycles. The lowest BCUT2D eigenvalue weighted by Gasteiger charge is -2.07. The molecule has 0 spiro atoms. The lowest BCUT2D eigenvalue weighted by molar-refractivity contribution is -0.116. The minimum atomic E-state index is -0.175. The molecule has 7 heteroatoms. The average Bonchev–Trinajstić information content (AvgIpc) is 3.09. The van der Waals surface area contributed by atoms with Crippen molar-refractivity contribution in [2.24, 2.45) is 0 Å². The van der Waals surface area contributed by atoms with Crippen molar-refractivity contribution in [2.75, 3.05) is 10.6 Å². The molecule has 2 N–H and O–H groups in total. The highest BCUT2D eigenvalue weighted by Gasteiger charge is 2.12. The first kappa shape index (κ1) is 18.3. The van der Waals surface area contributed by atoms with Gasteiger partial charge in [0, 0.05) is 36.7 Å². The normalized spacial score (nSPS) is 10.4. The Morgan fingerprint density at radius 3 is 2.52 bits per heavy atom. The van der Waals surface area contributed by atoms with Gasteiger partial charge in [-0.1, -0.05) is 35.5 Å². The van der Waals surface area contributed by atoms with E-state index in [1.54, 1.807) is 24.3 Å². The molecule has 0 bridgehead atoms. The van der Waals surface area contributed by atoms with Gasteiger partial charge in [0.15, 0.2) is 0 Å². The molecule has 3 rings (SSSR count). The Labute approximate surface area is 156 Å². The van der Waals surface area contributed by atoms with Gasteiger partial charge in [0.2, 0.25) is 23.5 Å². The standard InChI is InChI=1S/C20H20N4O3/c1-13-6-3-4-9-17(13)20-23-19(27-24-20)11-10-18(26)22-16-8-5-7-15(12-16)21-14(2)25/h3-9,12H,10-11H2,1-2H3,(H,21,25)(H,22,26). The fraction of sp³-hybridized carbons (Fsp3) is 0.200. The summed E-state index contributed by atoms with van der Waals surface area (Å²) < 4.78 is 5.25. The van der Waals surface area contributed by atoms with Gasteiger partial charge >= 0.3 is 0 Å². The zero-order valence-corrected chi connectivity index (χ0v) is 15.2. The van der Waals surface area contributed by atoms with Crippen molar-refractivity contribution in [3.63, 3.8) is 0 Å². The molecule has 2 amide bonds. The molecular formula is C20H20N4O3. The molecule has 2 aromatic carbocycles. The molecule has 27 heavy (non-hydrogen) atoms. The molecule has 1 aromatic heterocycles. The van der Waals surface area contributed by atoms with Gasteiger partial charge < -0.3 is 15.2 Å². The predicted octanol–water partition coefficient (Wildman–Crippen LogP) is 3.57. The summed E-state index contributed by atoms with van der Waals surface area (Å²) in [6.07, 6.45) is 0.551. The molecule has 0 saturated carbocycles. The maximum absolute atomic E-state index is 12.2. The van der Waals surface area contributed by atoms with Gasteiger partial charge in [-0.05, 0) is 30.7 Å². The first-order valence-corrected chi connectivity index (χ1v) is 8.57. The number of amides is 2. The number of nitrogens with one attached hydrogen (secondary N) is 2. The number of nitrogens with zero attached hydrogens (tertiary/aromatic N) is 2. The number of aromatic nitrogens is 2. The quantitative estimate of drug-likeness (QED) is 0.697. The topological polar surface area (TPSA) is 97.1 Å². The fourth-order valence-corrected chi connectivity index (χ4v) is 2.61. The number of anilines is 2. The summed E-state index contributed by atoms with van der Waals surface area (Å²) in [4.78, 5) is 27.6. The summed E-state index contributed by atoms with van der Waals surface area (Å²) in [6, 6.07) is 14.7. The van der Waals surface area contributed by atoms with E-state index >= 15 is 0 Å². The van der Waals surface area contributed by atoms with Gasteiger partial charge in [-0.15, -0.1) is 0 Å². The summed E-state index contributed by atoms with van der Waals surface area (Å²) in [7, 11) is 0. The second kappa shape index (κ2) is 8.27. The number of hydrogen-bond donors (Lipinski definition) is 2. The molecule has 0 unspecified atom stereocenters. The fourth-order valence-electron chi connectivity index (χ4n) is 2.61. The van der Waals surface area contributed by atoms with E-state index in [1.807, 2.05) is 31.2 Å². The lowest BCUT2D eigenvalue weighted by Crippen LogP contribution is -2.13. The Balaban J connectivity index is 1.57. The van der Waals surface area contributed by atoms with Crippen molar-refractivity contribution in [3.8, 4) is 11.4 Å². The first-order chi connectivity index (χ1) is 13.0. The number of aryl methyl sites for hydroxylation is 2. The van der Waals surface area contributed by atoms with E-state index in [2.05, 4.69) is 20.8 Å². The molecule has 0 radical (unpaired) electrons. The lowest BCUT2D eigenvalue weighted by atomic mass is 10.1. The van der Waals surface area contributed by atoms with Crippen LogP contribution in [0.5, 0.6) is 0 Å². The van der Waals surface area contributed by atoms with Crippen LogP contribution in [-0.4, -0.2) is 22.0 Å². The second-order valence-corrected chi connectivity index (χ2v) is 6.14. The van der Waals surface area contributed by atoms with Crippen LogP contribution < -0.4 is 10.6 Å². The van der Waals surface area contributed by atoms with Crippen molar-refractivity contribution < 1.29 is 14.1 Å². The minimum absolute atomic E-state index is 0.167. The van der Waals surface area contributed by atoms with Crippen LogP contribution in [0.3, 0.4) is 0 Å². The third kappa shape index (κ3) is 5.01. The summed E-state index contributed by atoms with van der Waals surface area (Å²) in [5.74, 6) is 0.590. The van der Waals surface area contributed by atoms with E-state index in [0.29, 0.717) is 29.5 Å². The maximum Gasteiger partial charge on any atom is 0.227 e. The SMILES string of the molecule is CC(=O)Nc1cccc(NC(=O)CCc2nc(-c3ccccc3C)no2)c1. The highest BCUT2D eigenvalue weighted by atomic mass is 16.5. The summed E-state index contributed by atoms with van der Waals surface area (Å²) >= 11 is 0. The summed E-state index contributed by atoms with van der Waals surface area (Å²) in [5, 5.41) is 9.46. The molecule has 7 nitrogen and oxygen atoms in total. The van der Waals surface area contributed by atoms with Gasteiger partial charge in [-0.3, -0.25) is 9.59 Å². The van der Waals surface area contributed by atoms with Crippen LogP contribution in [0.4, 0.5) is 11.4 Å². The number of benzene rings is 2. The van der Waals surface area contributed by atoms with E-state index in [1.165, 1.54) is 6.92 Å². The van der Waals surface area contributed by atoms with Gasteiger partial charge in [0.05, 0.1) is 0 Å². The largest absolute Gasteiger partial charge is 0.339 e. The molecule has 0 aliphatic rings. The van der Waals surface area contributed by atoms with Gasteiger partial charge in [-0.2, -0.15) is 4.98 Å². The van der Waals surface area contributed by atoms with E-state index in [9.17, 15) is 9.59 Å². The van der Waals surface area contributed by atoms with Crippen LogP contribution in [0, 0.1) is 6.92 Å². The molecule has 138 valence electrons. The number of carbonyl (C=O) groups is 2. The summed E-state index contributed by atoms with van der Waals surface area (Å²) in [6.45, 7) is 3.41. The van der Waals surface area contributed by atoms with Crippen LogP contribution in [0.15, 0.2) is 53.1 Å². The van der Waals surface area contributed by atoms with E-state index in [-0.39, 0.29) is 18.2 Å². The Morgan fingerprint density at radius 1 is 1.04 bits per heavy atom. The molecule has 0 atom stereocenters. The number of hydrogen-bond acceptors (Lipinski definition) is 5. The van der Waals surface area contributed by atoms with Crippen molar-refractivity contribution in [1.29, 1.82) is 0 Å². The molecule has 0 aliphatic heterocycles. The van der Waals surface area contributed by atoms with Crippen LogP contribution in [0.1, 0.15) is 24.8 Å². The Morgan fingerprint density at radius 2 is 1.78 bits per heavy atom. The predicted molar refractivity (Wildman–Crippen MR) is 102 cm³/mol. The van der Waals surface area contributed by atoms with Gasteiger partial charge in [0.1, 0.15) is 0 Å². The maximum atomic E-state index is 12.2. The van der Waals surface area contributed by atoms with E-state index in [4.69, 9.17) is 4.52 Å². The zero-order valence-electron chi connectivity index (χ0n) is 15.2. The van der Waals surface area contributed by atoms with Gasteiger partial charge in [0.25, 0.3) is 0 Å². The van der Waals surface area contributed by atoms with Crippen molar-refractivity contribution >= 4 is 23.2 Å². The third-order valence-corrected chi connectivity index (χ3v) is 3.89. The van der Waals surface area contributed by atoms with Gasteiger partial charge in [-0.25, -0.2) is 0 Å². The monoisotopic (exact) mass is 364 g/mol. The van der Waals surface area contributed by atoms with Crippen LogP contribution >= 0.6 is 0 Å². The highest BCUT2D eigenvalue weighted by molar-refractivity contribution is 5.93. The van der Waals surface area contributed by atoms with Crippen LogP contribution in [0.2, 0.25) is 0 Å². The number of carbonyl (C=O) groups excluding carboxylic acids is 2. The summed E-state index contributed by atoms with van der Waals surface area (Å²) in [5.41, 5.74) is 3.20. The smallest absolute Gasteiger partial charge is 0.227 e. The molecule has 1 heterocycles. The zero-order chi connectivity index (χ0) is 19.2. The number of rotatable bonds is 6. The Bertz CT molecular complexity index is 965. The highest BCUT2D eigenvalue weighted by Crippen LogP contribution is 2.20. The third-order valence-electron chi connectivity index (χ3n) is 3.89. The van der Waals surface area contributed by atoms with Crippen LogP contribution in [-0.2, 0) is 16.0 Å². The second-order valence-electron chi connectivity index (χ2n) is 6.14. The molecule has 0 saturated heterocycles. The Hall–Kier alpha value is -3.48. The molecule has 0 fully saturated rings. The van der Waals surface area contributed by atoms with Crippen molar-refractivity contribution in [2.45, 2.75) is 26.7 Å². The first-order valence-electron chi connectivity index (χ1n) is 8.57. The van der Waals surface area contributed by atoms with E-state index < -0.39 is 0 Å². The Kier molecular flexibility index (Phi) is 5.61.